The lowest BCUT2D eigenvalue weighted by Crippen LogP contribution is -2.23. The highest BCUT2D eigenvalue weighted by atomic mass is 15.3. The normalized spacial score (nSPS) is 14.2. The molecule has 20 heavy (non-hydrogen) atoms. The molecule has 2 atom stereocenters. The summed E-state index contributed by atoms with van der Waals surface area (Å²) in [5, 5.41) is 8.25. The molecule has 4 heteroatoms. The second-order valence-corrected chi connectivity index (χ2v) is 5.29. The highest BCUT2D eigenvalue weighted by molar-refractivity contribution is 5.28. The summed E-state index contributed by atoms with van der Waals surface area (Å²) in [5.41, 5.74) is 4.94. The van der Waals surface area contributed by atoms with Crippen LogP contribution in [-0.4, -0.2) is 14.8 Å². The molecule has 0 radical (unpaired) electrons. The molecular weight excluding hydrogens is 248 g/mol. The van der Waals surface area contributed by atoms with Gasteiger partial charge in [-0.15, -0.1) is 0 Å². The number of pyridine rings is 1. The Hall–Kier alpha value is -1.68. The largest absolute Gasteiger partial charge is 0.304 e. The topological polar surface area (TPSA) is 42.7 Å². The molecular formula is C16H24N4. The predicted molar refractivity (Wildman–Crippen MR) is 81.6 cm³/mol. The van der Waals surface area contributed by atoms with Gasteiger partial charge in [0.25, 0.3) is 0 Å². The van der Waals surface area contributed by atoms with Crippen LogP contribution in [0.5, 0.6) is 0 Å². The maximum Gasteiger partial charge on any atom is 0.0644 e. The Morgan fingerprint density at radius 2 is 1.80 bits per heavy atom. The first-order chi connectivity index (χ1) is 9.54. The van der Waals surface area contributed by atoms with Gasteiger partial charge in [0.15, 0.2) is 0 Å². The quantitative estimate of drug-likeness (QED) is 0.908. The molecule has 0 aliphatic heterocycles. The van der Waals surface area contributed by atoms with Crippen molar-refractivity contribution in [3.63, 3.8) is 0 Å². The smallest absolute Gasteiger partial charge is 0.0644 e. The first-order valence-electron chi connectivity index (χ1n) is 7.24. The Labute approximate surface area is 121 Å². The Morgan fingerprint density at radius 1 is 1.15 bits per heavy atom. The van der Waals surface area contributed by atoms with Gasteiger partial charge in [-0.05, 0) is 52.3 Å². The van der Waals surface area contributed by atoms with E-state index < -0.39 is 0 Å². The maximum absolute atomic E-state index is 4.60. The lowest BCUT2D eigenvalue weighted by Gasteiger charge is -2.21. The Bertz CT molecular complexity index is 559. The van der Waals surface area contributed by atoms with Crippen LogP contribution in [0.15, 0.2) is 24.5 Å². The van der Waals surface area contributed by atoms with Gasteiger partial charge >= 0.3 is 0 Å². The molecule has 2 rings (SSSR count). The fourth-order valence-electron chi connectivity index (χ4n) is 2.85. The molecule has 0 amide bonds. The molecule has 1 N–H and O–H groups in total. The van der Waals surface area contributed by atoms with Crippen LogP contribution in [0, 0.1) is 13.8 Å². The van der Waals surface area contributed by atoms with E-state index in [0.717, 1.165) is 12.2 Å². The number of nitrogens with one attached hydrogen (secondary N) is 1. The van der Waals surface area contributed by atoms with E-state index in [4.69, 9.17) is 0 Å². The van der Waals surface area contributed by atoms with Crippen molar-refractivity contribution in [3.8, 4) is 0 Å². The van der Waals surface area contributed by atoms with Crippen LogP contribution in [0.3, 0.4) is 0 Å². The molecule has 0 fully saturated rings. The molecule has 0 spiro atoms. The van der Waals surface area contributed by atoms with Crippen molar-refractivity contribution >= 4 is 0 Å². The zero-order valence-electron chi connectivity index (χ0n) is 13.0. The molecule has 2 aromatic heterocycles. The second kappa shape index (κ2) is 6.18. The fourth-order valence-corrected chi connectivity index (χ4v) is 2.85. The van der Waals surface area contributed by atoms with Crippen LogP contribution in [0.25, 0.3) is 0 Å². The number of hydrogen-bond acceptors (Lipinski definition) is 3. The Morgan fingerprint density at radius 3 is 2.35 bits per heavy atom. The average molecular weight is 272 g/mol. The molecule has 0 aliphatic carbocycles. The van der Waals surface area contributed by atoms with E-state index >= 15 is 0 Å². The van der Waals surface area contributed by atoms with E-state index in [9.17, 15) is 0 Å². The van der Waals surface area contributed by atoms with Crippen molar-refractivity contribution in [1.29, 1.82) is 0 Å². The van der Waals surface area contributed by atoms with E-state index in [2.05, 4.69) is 66.8 Å². The van der Waals surface area contributed by atoms with Gasteiger partial charge in [-0.2, -0.15) is 5.10 Å². The third-order valence-corrected chi connectivity index (χ3v) is 3.88. The lowest BCUT2D eigenvalue weighted by atomic mass is 10.0. The van der Waals surface area contributed by atoms with Crippen molar-refractivity contribution in [2.24, 2.45) is 0 Å². The number of rotatable bonds is 5. The molecule has 2 aromatic rings. The standard InChI is InChI=1S/C16H24N4/c1-6-20-14(5)16(13(4)19-20)12(3)18-11(2)15-7-9-17-10-8-15/h7-12,18H,6H2,1-5H3/t11-,12?/m0/s1. The van der Waals surface area contributed by atoms with E-state index in [1.54, 1.807) is 0 Å². The monoisotopic (exact) mass is 272 g/mol. The Kier molecular flexibility index (Phi) is 4.55. The molecule has 4 nitrogen and oxygen atoms in total. The maximum atomic E-state index is 4.60. The van der Waals surface area contributed by atoms with E-state index in [1.807, 2.05) is 12.4 Å². The first-order valence-corrected chi connectivity index (χ1v) is 7.24. The molecule has 0 saturated carbocycles. The average Bonchev–Trinajstić information content (AvgIpc) is 2.74. The summed E-state index contributed by atoms with van der Waals surface area (Å²) in [6.07, 6.45) is 3.67. The van der Waals surface area contributed by atoms with Gasteiger partial charge in [-0.25, -0.2) is 0 Å². The van der Waals surface area contributed by atoms with E-state index in [1.165, 1.54) is 16.8 Å². The first kappa shape index (κ1) is 14.7. The van der Waals surface area contributed by atoms with Crippen LogP contribution in [0.2, 0.25) is 0 Å². The number of aryl methyl sites for hydroxylation is 2. The molecule has 108 valence electrons. The van der Waals surface area contributed by atoms with Gasteiger partial charge in [0.05, 0.1) is 5.69 Å². The van der Waals surface area contributed by atoms with E-state index in [0.29, 0.717) is 0 Å². The number of hydrogen-bond donors (Lipinski definition) is 1. The van der Waals surface area contributed by atoms with Crippen LogP contribution in [0.1, 0.15) is 55.4 Å². The molecule has 0 aromatic carbocycles. The fraction of sp³-hybridized carbons (Fsp3) is 0.500. The summed E-state index contributed by atoms with van der Waals surface area (Å²) >= 11 is 0. The van der Waals surface area contributed by atoms with Crippen LogP contribution >= 0.6 is 0 Å². The van der Waals surface area contributed by atoms with Crippen molar-refractivity contribution < 1.29 is 0 Å². The molecule has 2 heterocycles. The minimum atomic E-state index is 0.276. The van der Waals surface area contributed by atoms with Gasteiger partial charge < -0.3 is 5.32 Å². The lowest BCUT2D eigenvalue weighted by molar-refractivity contribution is 0.490. The van der Waals surface area contributed by atoms with Gasteiger partial charge in [0.2, 0.25) is 0 Å². The summed E-state index contributed by atoms with van der Waals surface area (Å²) in [5.74, 6) is 0. The zero-order chi connectivity index (χ0) is 14.7. The van der Waals surface area contributed by atoms with Gasteiger partial charge in [-0.3, -0.25) is 9.67 Å². The van der Waals surface area contributed by atoms with E-state index in [-0.39, 0.29) is 12.1 Å². The summed E-state index contributed by atoms with van der Waals surface area (Å²) in [6, 6.07) is 4.68. The second-order valence-electron chi connectivity index (χ2n) is 5.29. The third kappa shape index (κ3) is 2.90. The highest BCUT2D eigenvalue weighted by Gasteiger charge is 2.18. The summed E-state index contributed by atoms with van der Waals surface area (Å²) in [6.45, 7) is 11.7. The van der Waals surface area contributed by atoms with Crippen LogP contribution in [0.4, 0.5) is 0 Å². The van der Waals surface area contributed by atoms with Gasteiger partial charge in [0.1, 0.15) is 0 Å². The van der Waals surface area contributed by atoms with Crippen LogP contribution in [-0.2, 0) is 6.54 Å². The van der Waals surface area contributed by atoms with Gasteiger partial charge in [0, 0.05) is 42.3 Å². The summed E-state index contributed by atoms with van der Waals surface area (Å²) in [7, 11) is 0. The SMILES string of the molecule is CCn1nc(C)c(C(C)N[C@@H](C)c2ccncc2)c1C. The number of nitrogens with zero attached hydrogens (tertiary/aromatic N) is 3. The van der Waals surface area contributed by atoms with Crippen LogP contribution < -0.4 is 5.32 Å². The third-order valence-electron chi connectivity index (χ3n) is 3.88. The molecule has 1 unspecified atom stereocenters. The molecule has 0 saturated heterocycles. The van der Waals surface area contributed by atoms with Crippen molar-refractivity contribution in [2.75, 3.05) is 0 Å². The summed E-state index contributed by atoms with van der Waals surface area (Å²) < 4.78 is 2.07. The number of aromatic nitrogens is 3. The van der Waals surface area contributed by atoms with Gasteiger partial charge in [-0.1, -0.05) is 0 Å². The molecule has 0 bridgehead atoms. The minimum absolute atomic E-state index is 0.276. The Balaban J connectivity index is 2.16. The van der Waals surface area contributed by atoms with Crippen molar-refractivity contribution in [1.82, 2.24) is 20.1 Å². The predicted octanol–water partition coefficient (Wildman–Crippen LogP) is 3.33. The summed E-state index contributed by atoms with van der Waals surface area (Å²) in [4.78, 5) is 4.07. The van der Waals surface area contributed by atoms with Crippen molar-refractivity contribution in [3.05, 3.63) is 47.0 Å². The minimum Gasteiger partial charge on any atom is -0.304 e. The van der Waals surface area contributed by atoms with Crippen molar-refractivity contribution in [2.45, 2.75) is 53.2 Å². The molecule has 0 aliphatic rings. The zero-order valence-corrected chi connectivity index (χ0v) is 13.0. The highest BCUT2D eigenvalue weighted by Crippen LogP contribution is 2.24.